The number of benzene rings is 1. The lowest BCUT2D eigenvalue weighted by molar-refractivity contribution is 0.813. The van der Waals surface area contributed by atoms with E-state index in [1.54, 1.807) is 0 Å². The number of hydrazone groups is 1. The molecule has 0 aromatic heterocycles. The molecule has 0 saturated carbocycles. The second kappa shape index (κ2) is 5.36. The Morgan fingerprint density at radius 1 is 1.08 bits per heavy atom. The molecule has 0 saturated heterocycles. The fourth-order valence-corrected chi connectivity index (χ4v) is 0.960. The van der Waals surface area contributed by atoms with Crippen molar-refractivity contribution in [2.75, 3.05) is 6.54 Å². The Morgan fingerprint density at radius 2 is 1.62 bits per heavy atom. The van der Waals surface area contributed by atoms with Crippen LogP contribution in [0.2, 0.25) is 0 Å². The first-order valence-electron chi connectivity index (χ1n) is 4.56. The van der Waals surface area contributed by atoms with Gasteiger partial charge >= 0.3 is 0 Å². The molecule has 0 fully saturated rings. The van der Waals surface area contributed by atoms with Gasteiger partial charge in [0.05, 0.1) is 0 Å². The summed E-state index contributed by atoms with van der Waals surface area (Å²) in [5.74, 6) is 0. The van der Waals surface area contributed by atoms with Gasteiger partial charge in [-0.1, -0.05) is 35.4 Å². The van der Waals surface area contributed by atoms with Crippen LogP contribution in [0.15, 0.2) is 29.4 Å². The predicted molar refractivity (Wildman–Crippen MR) is 57.0 cm³/mol. The Balaban J connectivity index is 0.000000145. The molecule has 1 aliphatic rings. The molecule has 1 N–H and O–H groups in total. The zero-order valence-electron chi connectivity index (χ0n) is 8.25. The van der Waals surface area contributed by atoms with E-state index in [4.69, 9.17) is 0 Å². The lowest BCUT2D eigenvalue weighted by Crippen LogP contribution is -1.96. The van der Waals surface area contributed by atoms with E-state index in [0.29, 0.717) is 0 Å². The molecule has 0 unspecified atom stereocenters. The average Bonchev–Trinajstić information content (AvgIpc) is 2.68. The Bertz CT molecular complexity index is 235. The Morgan fingerprint density at radius 3 is 1.85 bits per heavy atom. The molecule has 1 aromatic carbocycles. The summed E-state index contributed by atoms with van der Waals surface area (Å²) in [6, 6.07) is 8.48. The molecule has 1 aliphatic heterocycles. The first kappa shape index (κ1) is 9.78. The summed E-state index contributed by atoms with van der Waals surface area (Å²) in [6.07, 6.45) is 2.97. The van der Waals surface area contributed by atoms with Gasteiger partial charge in [0.1, 0.15) is 0 Å². The zero-order valence-corrected chi connectivity index (χ0v) is 8.25. The van der Waals surface area contributed by atoms with Gasteiger partial charge in [0.25, 0.3) is 0 Å². The van der Waals surface area contributed by atoms with E-state index in [-0.39, 0.29) is 0 Å². The normalized spacial score (nSPS) is 13.1. The zero-order chi connectivity index (χ0) is 9.52. The van der Waals surface area contributed by atoms with Crippen LogP contribution in [-0.4, -0.2) is 12.8 Å². The summed E-state index contributed by atoms with van der Waals surface area (Å²) in [6.45, 7) is 5.22. The van der Waals surface area contributed by atoms with Crippen LogP contribution in [0.25, 0.3) is 0 Å². The number of rotatable bonds is 0. The van der Waals surface area contributed by atoms with Crippen molar-refractivity contribution in [1.82, 2.24) is 5.43 Å². The maximum Gasteiger partial charge on any atom is 0.0379 e. The largest absolute Gasteiger partial charge is 0.310 e. The van der Waals surface area contributed by atoms with Crippen molar-refractivity contribution < 1.29 is 0 Å². The maximum absolute atomic E-state index is 3.71. The lowest BCUT2D eigenvalue weighted by Gasteiger charge is -1.90. The van der Waals surface area contributed by atoms with Crippen LogP contribution in [0.5, 0.6) is 0 Å². The molecule has 2 nitrogen and oxygen atoms in total. The first-order chi connectivity index (χ1) is 6.29. The predicted octanol–water partition coefficient (Wildman–Crippen LogP) is 2.27. The van der Waals surface area contributed by atoms with Crippen molar-refractivity contribution in [3.63, 3.8) is 0 Å². The second-order valence-corrected chi connectivity index (χ2v) is 3.16. The van der Waals surface area contributed by atoms with Gasteiger partial charge in [-0.3, -0.25) is 0 Å². The standard InChI is InChI=1S/C8H10.C3H6N2/c1-7-3-5-8(2)6-4-7;1-2-4-5-3-1/h3-6H,1-2H3;2,5H,1,3H2. The van der Waals surface area contributed by atoms with Crippen molar-refractivity contribution in [3.8, 4) is 0 Å². The quantitative estimate of drug-likeness (QED) is 0.644. The van der Waals surface area contributed by atoms with Gasteiger partial charge in [0, 0.05) is 19.2 Å². The lowest BCUT2D eigenvalue weighted by atomic mass is 10.2. The van der Waals surface area contributed by atoms with E-state index in [9.17, 15) is 0 Å². The molecule has 1 heterocycles. The molecule has 0 radical (unpaired) electrons. The van der Waals surface area contributed by atoms with Crippen molar-refractivity contribution in [3.05, 3.63) is 35.4 Å². The third kappa shape index (κ3) is 4.31. The van der Waals surface area contributed by atoms with Crippen LogP contribution >= 0.6 is 0 Å². The highest BCUT2D eigenvalue weighted by molar-refractivity contribution is 5.58. The Hall–Kier alpha value is -1.31. The summed E-state index contributed by atoms with van der Waals surface area (Å²) >= 11 is 0. The van der Waals surface area contributed by atoms with Gasteiger partial charge in [-0.15, -0.1) is 0 Å². The van der Waals surface area contributed by atoms with Crippen molar-refractivity contribution in [2.45, 2.75) is 20.3 Å². The van der Waals surface area contributed by atoms with Gasteiger partial charge in [0.15, 0.2) is 0 Å². The van der Waals surface area contributed by atoms with Gasteiger partial charge in [-0.05, 0) is 13.8 Å². The van der Waals surface area contributed by atoms with E-state index in [0.717, 1.165) is 13.0 Å². The second-order valence-electron chi connectivity index (χ2n) is 3.16. The van der Waals surface area contributed by atoms with E-state index >= 15 is 0 Å². The van der Waals surface area contributed by atoms with Crippen LogP contribution < -0.4 is 5.43 Å². The number of hydrogen-bond donors (Lipinski definition) is 1. The first-order valence-corrected chi connectivity index (χ1v) is 4.56. The smallest absolute Gasteiger partial charge is 0.0379 e. The van der Waals surface area contributed by atoms with Crippen molar-refractivity contribution in [1.29, 1.82) is 0 Å². The molecule has 2 heteroatoms. The number of nitrogens with one attached hydrogen (secondary N) is 1. The highest BCUT2D eigenvalue weighted by atomic mass is 15.3. The molecule has 0 amide bonds. The van der Waals surface area contributed by atoms with Crippen LogP contribution in [0.4, 0.5) is 0 Å². The molecule has 70 valence electrons. The minimum atomic E-state index is 1.03. The third-order valence-corrected chi connectivity index (χ3v) is 1.79. The molecule has 0 aliphatic carbocycles. The molecular weight excluding hydrogens is 160 g/mol. The Kier molecular flexibility index (Phi) is 4.03. The van der Waals surface area contributed by atoms with Crippen LogP contribution in [0.3, 0.4) is 0 Å². The fraction of sp³-hybridized carbons (Fsp3) is 0.364. The topological polar surface area (TPSA) is 24.4 Å². The van der Waals surface area contributed by atoms with E-state index < -0.39 is 0 Å². The van der Waals surface area contributed by atoms with E-state index in [2.05, 4.69) is 48.6 Å². The van der Waals surface area contributed by atoms with E-state index in [1.807, 2.05) is 6.21 Å². The molecular formula is C11H16N2. The van der Waals surface area contributed by atoms with Crippen molar-refractivity contribution >= 4 is 6.21 Å². The average molecular weight is 176 g/mol. The Labute approximate surface area is 79.7 Å². The summed E-state index contributed by atoms with van der Waals surface area (Å²) in [5.41, 5.74) is 5.45. The van der Waals surface area contributed by atoms with Gasteiger partial charge < -0.3 is 5.43 Å². The van der Waals surface area contributed by atoms with E-state index in [1.165, 1.54) is 11.1 Å². The van der Waals surface area contributed by atoms with Gasteiger partial charge in [-0.25, -0.2) is 0 Å². The number of aryl methyl sites for hydroxylation is 2. The van der Waals surface area contributed by atoms with Crippen LogP contribution in [0.1, 0.15) is 17.5 Å². The van der Waals surface area contributed by atoms with Crippen LogP contribution in [0, 0.1) is 13.8 Å². The summed E-state index contributed by atoms with van der Waals surface area (Å²) < 4.78 is 0. The molecule has 0 bridgehead atoms. The maximum atomic E-state index is 3.71. The molecule has 0 atom stereocenters. The molecule has 1 aromatic rings. The minimum absolute atomic E-state index is 1.03. The monoisotopic (exact) mass is 176 g/mol. The highest BCUT2D eigenvalue weighted by Crippen LogP contribution is 1.99. The summed E-state index contributed by atoms with van der Waals surface area (Å²) in [7, 11) is 0. The fourth-order valence-electron chi connectivity index (χ4n) is 0.960. The van der Waals surface area contributed by atoms with Gasteiger partial charge in [-0.2, -0.15) is 5.10 Å². The number of nitrogens with zero attached hydrogens (tertiary/aromatic N) is 1. The van der Waals surface area contributed by atoms with Crippen molar-refractivity contribution in [2.24, 2.45) is 5.10 Å². The molecule has 13 heavy (non-hydrogen) atoms. The summed E-state index contributed by atoms with van der Waals surface area (Å²) in [5, 5.41) is 3.71. The van der Waals surface area contributed by atoms with Gasteiger partial charge in [0.2, 0.25) is 0 Å². The molecule has 0 spiro atoms. The molecule has 2 rings (SSSR count). The SMILES string of the molecule is C1=NNCC1.Cc1ccc(C)cc1. The third-order valence-electron chi connectivity index (χ3n) is 1.79. The summed E-state index contributed by atoms with van der Waals surface area (Å²) in [4.78, 5) is 0. The highest BCUT2D eigenvalue weighted by Gasteiger charge is 1.83. The van der Waals surface area contributed by atoms with Crippen LogP contribution in [-0.2, 0) is 0 Å². The number of hydrogen-bond acceptors (Lipinski definition) is 2. The minimum Gasteiger partial charge on any atom is -0.310 e.